The lowest BCUT2D eigenvalue weighted by atomic mass is 10.1. The van der Waals surface area contributed by atoms with Crippen molar-refractivity contribution < 1.29 is 42.9 Å². The van der Waals surface area contributed by atoms with E-state index in [1.807, 2.05) is 61.7 Å². The van der Waals surface area contributed by atoms with E-state index in [4.69, 9.17) is 19.0 Å². The number of esters is 1. The Morgan fingerprint density at radius 3 is 2.04 bits per heavy atom. The number of rotatable bonds is 11. The number of carbonyl (C=O) groups is 4. The third-order valence-corrected chi connectivity index (χ3v) is 6.50. The summed E-state index contributed by atoms with van der Waals surface area (Å²) in [6, 6.07) is 13.6. The highest BCUT2D eigenvalue weighted by Crippen LogP contribution is 2.25. The summed E-state index contributed by atoms with van der Waals surface area (Å²) < 4.78 is 20.6. The van der Waals surface area contributed by atoms with Gasteiger partial charge in [-0.15, -0.1) is 9.75 Å². The van der Waals surface area contributed by atoms with Crippen LogP contribution in [0.3, 0.4) is 0 Å². The van der Waals surface area contributed by atoms with Crippen LogP contribution in [-0.2, 0) is 32.7 Å². The molecule has 1 aromatic heterocycles. The van der Waals surface area contributed by atoms with Crippen molar-refractivity contribution in [2.24, 2.45) is 7.05 Å². The van der Waals surface area contributed by atoms with E-state index in [-0.39, 0.29) is 17.7 Å². The van der Waals surface area contributed by atoms with Gasteiger partial charge in [0, 0.05) is 6.54 Å². The van der Waals surface area contributed by atoms with Crippen LogP contribution < -0.4 is 14.7 Å². The molecule has 1 unspecified atom stereocenters. The number of aryl methyl sites for hydroxylation is 2. The van der Waals surface area contributed by atoms with E-state index >= 15 is 0 Å². The number of imide groups is 1. The van der Waals surface area contributed by atoms with E-state index in [1.54, 1.807) is 45.0 Å². The normalized spacial score (nSPS) is 13.8. The Kier molecular flexibility index (Phi) is 9.97. The van der Waals surface area contributed by atoms with E-state index < -0.39 is 41.2 Å². The number of ether oxygens (including phenoxy) is 3. The summed E-state index contributed by atoms with van der Waals surface area (Å²) >= 11 is 0. The molecule has 3 amide bonds. The lowest BCUT2D eigenvalue weighted by Gasteiger charge is -2.26. The number of hydrogen-bond acceptors (Lipinski definition) is 8. The SMILES string of the molecule is C[n+]1cc(-c2ccc(OCC(ON3C(=O)c4ccccc4C3=O)C(=O)OC(C)(C)C)cc2)cn1CCCNC(=O)OC(C)(C)C. The number of hydrogen-bond donors (Lipinski definition) is 1. The van der Waals surface area contributed by atoms with Gasteiger partial charge in [-0.1, -0.05) is 24.3 Å². The molecular weight excluding hydrogens is 580 g/mol. The highest BCUT2D eigenvalue weighted by molar-refractivity contribution is 6.20. The molecule has 3 aromatic rings. The molecule has 2 heterocycles. The molecule has 1 aliphatic heterocycles. The fourth-order valence-corrected chi connectivity index (χ4v) is 4.49. The molecule has 1 atom stereocenters. The molecule has 0 aliphatic carbocycles. The predicted molar refractivity (Wildman–Crippen MR) is 163 cm³/mol. The Labute approximate surface area is 262 Å². The summed E-state index contributed by atoms with van der Waals surface area (Å²) in [7, 11) is 1.94. The molecule has 240 valence electrons. The monoisotopic (exact) mass is 621 g/mol. The number of fused-ring (bicyclic) bond motifs is 1. The maximum absolute atomic E-state index is 13.0. The molecule has 45 heavy (non-hydrogen) atoms. The predicted octanol–water partition coefficient (Wildman–Crippen LogP) is 4.21. The standard InChI is InChI=1S/C33H40N4O8/c1-32(2,3)43-30(40)27(45-37-28(38)25-11-8-9-12-26(25)29(37)39)21-42-24-15-13-22(14-16-24)23-19-35(7)36(20-23)18-10-17-34-31(41)44-33(4,5)6/h8-9,11-16,19-20,27H,10,17-18,21H2,1-7H3/p+1. The van der Waals surface area contributed by atoms with Crippen LogP contribution in [0, 0.1) is 0 Å². The number of nitrogens with zero attached hydrogens (tertiary/aromatic N) is 3. The quantitative estimate of drug-likeness (QED) is 0.146. The van der Waals surface area contributed by atoms with E-state index in [1.165, 1.54) is 12.1 Å². The van der Waals surface area contributed by atoms with Crippen molar-refractivity contribution in [3.8, 4) is 16.9 Å². The zero-order chi connectivity index (χ0) is 32.9. The molecule has 4 rings (SSSR count). The van der Waals surface area contributed by atoms with Crippen LogP contribution in [0.25, 0.3) is 11.1 Å². The Bertz CT molecular complexity index is 1510. The van der Waals surface area contributed by atoms with Gasteiger partial charge in [0.1, 0.15) is 23.6 Å². The van der Waals surface area contributed by atoms with Crippen molar-refractivity contribution in [1.82, 2.24) is 15.1 Å². The smallest absolute Gasteiger partial charge is 0.407 e. The van der Waals surface area contributed by atoms with Crippen molar-refractivity contribution in [3.05, 3.63) is 72.1 Å². The lowest BCUT2D eigenvalue weighted by molar-refractivity contribution is -0.753. The number of alkyl carbamates (subject to hydrolysis) is 1. The average Bonchev–Trinajstić information content (AvgIpc) is 3.43. The van der Waals surface area contributed by atoms with Gasteiger partial charge >= 0.3 is 12.1 Å². The summed E-state index contributed by atoms with van der Waals surface area (Å²) in [6.07, 6.45) is 2.90. The van der Waals surface area contributed by atoms with Gasteiger partial charge < -0.3 is 19.5 Å². The largest absolute Gasteiger partial charge is 0.490 e. The van der Waals surface area contributed by atoms with Gasteiger partial charge in [0.25, 0.3) is 11.8 Å². The number of benzene rings is 2. The van der Waals surface area contributed by atoms with Gasteiger partial charge in [-0.2, -0.15) is 4.68 Å². The maximum Gasteiger partial charge on any atom is 0.407 e. The third-order valence-electron chi connectivity index (χ3n) is 6.50. The molecule has 0 radical (unpaired) electrons. The molecule has 1 N–H and O–H groups in total. The van der Waals surface area contributed by atoms with Crippen LogP contribution in [0.4, 0.5) is 4.79 Å². The minimum Gasteiger partial charge on any atom is -0.490 e. The first-order valence-electron chi connectivity index (χ1n) is 14.7. The molecule has 0 spiro atoms. The van der Waals surface area contributed by atoms with Gasteiger partial charge in [0.05, 0.1) is 29.4 Å². The zero-order valence-corrected chi connectivity index (χ0v) is 26.8. The number of amides is 3. The van der Waals surface area contributed by atoms with Crippen LogP contribution in [0.2, 0.25) is 0 Å². The highest BCUT2D eigenvalue weighted by atomic mass is 16.7. The minimum atomic E-state index is -1.39. The molecular formula is C33H41N4O8+. The number of aromatic nitrogens is 2. The van der Waals surface area contributed by atoms with E-state index in [9.17, 15) is 19.2 Å². The van der Waals surface area contributed by atoms with Crippen molar-refractivity contribution in [2.45, 2.75) is 71.8 Å². The lowest BCUT2D eigenvalue weighted by Crippen LogP contribution is -2.43. The first kappa shape index (κ1) is 33.2. The van der Waals surface area contributed by atoms with Crippen molar-refractivity contribution in [2.75, 3.05) is 13.2 Å². The highest BCUT2D eigenvalue weighted by Gasteiger charge is 2.40. The molecule has 0 bridgehead atoms. The fraction of sp³-hybridized carbons (Fsp3) is 0.424. The summed E-state index contributed by atoms with van der Waals surface area (Å²) in [4.78, 5) is 56.2. The van der Waals surface area contributed by atoms with Gasteiger partial charge in [-0.05, 0) is 77.8 Å². The van der Waals surface area contributed by atoms with Gasteiger partial charge in [-0.3, -0.25) is 9.59 Å². The third kappa shape index (κ3) is 8.91. The molecule has 12 heteroatoms. The maximum atomic E-state index is 13.0. The van der Waals surface area contributed by atoms with E-state index in [0.29, 0.717) is 23.9 Å². The second-order valence-corrected chi connectivity index (χ2v) is 12.6. The molecule has 0 saturated heterocycles. The van der Waals surface area contributed by atoms with Crippen LogP contribution in [-0.4, -0.2) is 64.1 Å². The molecule has 1 aliphatic rings. The Balaban J connectivity index is 1.36. The Morgan fingerprint density at radius 2 is 1.47 bits per heavy atom. The zero-order valence-electron chi connectivity index (χ0n) is 26.8. The van der Waals surface area contributed by atoms with Crippen LogP contribution in [0.5, 0.6) is 5.75 Å². The van der Waals surface area contributed by atoms with Crippen molar-refractivity contribution >= 4 is 23.9 Å². The first-order chi connectivity index (χ1) is 21.1. The summed E-state index contributed by atoms with van der Waals surface area (Å²) in [5, 5.41) is 3.36. The molecule has 0 saturated carbocycles. The first-order valence-corrected chi connectivity index (χ1v) is 14.7. The van der Waals surface area contributed by atoms with Gasteiger partial charge in [0.15, 0.2) is 7.05 Å². The Morgan fingerprint density at radius 1 is 0.867 bits per heavy atom. The topological polar surface area (TPSA) is 129 Å². The van der Waals surface area contributed by atoms with Gasteiger partial charge in [0.2, 0.25) is 12.3 Å². The fourth-order valence-electron chi connectivity index (χ4n) is 4.49. The average molecular weight is 622 g/mol. The van der Waals surface area contributed by atoms with Crippen LogP contribution >= 0.6 is 0 Å². The van der Waals surface area contributed by atoms with Gasteiger partial charge in [-0.25, -0.2) is 14.4 Å². The number of hydroxylamine groups is 2. The molecule has 12 nitrogen and oxygen atoms in total. The van der Waals surface area contributed by atoms with Crippen LogP contribution in [0.15, 0.2) is 60.9 Å². The van der Waals surface area contributed by atoms with Crippen molar-refractivity contribution in [1.29, 1.82) is 0 Å². The summed E-state index contributed by atoms with van der Waals surface area (Å²) in [6.45, 7) is 11.5. The minimum absolute atomic E-state index is 0.196. The van der Waals surface area contributed by atoms with Crippen LogP contribution in [0.1, 0.15) is 68.7 Å². The summed E-state index contributed by atoms with van der Waals surface area (Å²) in [5.41, 5.74) is 0.938. The number of nitrogens with one attached hydrogen (secondary N) is 1. The second-order valence-electron chi connectivity index (χ2n) is 12.6. The molecule has 2 aromatic carbocycles. The molecule has 0 fully saturated rings. The Hall–Kier alpha value is -4.71. The van der Waals surface area contributed by atoms with Crippen molar-refractivity contribution in [3.63, 3.8) is 0 Å². The van der Waals surface area contributed by atoms with E-state index in [2.05, 4.69) is 5.32 Å². The summed E-state index contributed by atoms with van der Waals surface area (Å²) in [5.74, 6) is -1.64. The number of carbonyl (C=O) groups excluding carboxylic acids is 4. The second kappa shape index (κ2) is 13.5. The van der Waals surface area contributed by atoms with E-state index in [0.717, 1.165) is 17.5 Å².